The monoisotopic (exact) mass is 422 g/mol. The Morgan fingerprint density at radius 3 is 2.67 bits per heavy atom. The fourth-order valence-corrected chi connectivity index (χ4v) is 5.23. The minimum absolute atomic E-state index is 0.0964. The third-order valence-corrected chi connectivity index (χ3v) is 7.06. The van der Waals surface area contributed by atoms with Gasteiger partial charge in [-0.2, -0.15) is 4.37 Å². The Balaban J connectivity index is 1.20. The van der Waals surface area contributed by atoms with Gasteiger partial charge in [0.25, 0.3) is 0 Å². The van der Waals surface area contributed by atoms with E-state index in [9.17, 15) is 9.90 Å². The summed E-state index contributed by atoms with van der Waals surface area (Å²) in [6, 6.07) is 14.5. The minimum atomic E-state index is -0.520. The molecule has 1 N–H and O–H groups in total. The number of aliphatic hydroxyl groups excluding tert-OH is 1. The smallest absolute Gasteiger partial charge is 0.220 e. The van der Waals surface area contributed by atoms with E-state index in [1.807, 2.05) is 11.0 Å². The highest BCUT2D eigenvalue weighted by molar-refractivity contribution is 7.13. The predicted molar refractivity (Wildman–Crippen MR) is 120 cm³/mol. The Bertz CT molecular complexity index is 1070. The number of carbonyl (C=O) groups excluding carboxylic acids is 1. The molecule has 0 saturated carbocycles. The van der Waals surface area contributed by atoms with Gasteiger partial charge in [0.15, 0.2) is 0 Å². The van der Waals surface area contributed by atoms with Crippen LogP contribution in [0.1, 0.15) is 29.7 Å². The van der Waals surface area contributed by atoms with Crippen molar-refractivity contribution >= 4 is 33.3 Å². The normalized spacial score (nSPS) is 18.1. The maximum absolute atomic E-state index is 11.6. The van der Waals surface area contributed by atoms with Crippen LogP contribution >= 0.6 is 11.5 Å². The highest BCUT2D eigenvalue weighted by Gasteiger charge is 2.25. The predicted octanol–water partition coefficient (Wildman–Crippen LogP) is 3.01. The van der Waals surface area contributed by atoms with Crippen molar-refractivity contribution in [1.29, 1.82) is 0 Å². The number of carbonyl (C=O) groups is 1. The van der Waals surface area contributed by atoms with Crippen LogP contribution in [0.25, 0.3) is 10.1 Å². The summed E-state index contributed by atoms with van der Waals surface area (Å²) in [6.07, 6.45) is -0.520. The number of benzene rings is 2. The Morgan fingerprint density at radius 2 is 1.87 bits per heavy atom. The summed E-state index contributed by atoms with van der Waals surface area (Å²) in [7, 11) is 0. The van der Waals surface area contributed by atoms with Crippen molar-refractivity contribution in [3.63, 3.8) is 0 Å². The van der Waals surface area contributed by atoms with Gasteiger partial charge in [0.2, 0.25) is 5.91 Å². The van der Waals surface area contributed by atoms with Crippen molar-refractivity contribution in [3.8, 4) is 0 Å². The number of aliphatic hydroxyl groups is 1. The lowest BCUT2D eigenvalue weighted by atomic mass is 10.0. The first-order valence-electron chi connectivity index (χ1n) is 10.5. The topological polar surface area (TPSA) is 59.9 Å². The molecule has 1 amide bonds. The highest BCUT2D eigenvalue weighted by Crippen LogP contribution is 2.30. The van der Waals surface area contributed by atoms with E-state index in [4.69, 9.17) is 0 Å². The molecule has 0 spiro atoms. The molecular weight excluding hydrogens is 396 g/mol. The van der Waals surface area contributed by atoms with Gasteiger partial charge in [0.05, 0.1) is 10.8 Å². The summed E-state index contributed by atoms with van der Waals surface area (Å²) >= 11 is 1.56. The standard InChI is InChI=1S/C23H26N4O2S/c1-16(28)27-13-18-7-6-17(12-19(18)14-27)21(29)15-25-8-10-26(11-9-25)23-20-4-2-3-5-22(20)30-24-23/h2-7,12,21,29H,8-11,13-15H2,1H3. The van der Waals surface area contributed by atoms with Crippen molar-refractivity contribution in [3.05, 3.63) is 59.2 Å². The lowest BCUT2D eigenvalue weighted by molar-refractivity contribution is -0.129. The van der Waals surface area contributed by atoms with Crippen molar-refractivity contribution in [2.24, 2.45) is 0 Å². The van der Waals surface area contributed by atoms with Crippen molar-refractivity contribution in [2.45, 2.75) is 26.1 Å². The zero-order valence-corrected chi connectivity index (χ0v) is 17.9. The molecule has 156 valence electrons. The molecule has 7 heteroatoms. The number of hydrogen-bond donors (Lipinski definition) is 1. The molecule has 1 aromatic heterocycles. The number of rotatable bonds is 4. The molecule has 1 saturated heterocycles. The summed E-state index contributed by atoms with van der Waals surface area (Å²) in [5, 5.41) is 12.1. The number of aromatic nitrogens is 1. The number of nitrogens with zero attached hydrogens (tertiary/aromatic N) is 4. The molecule has 5 rings (SSSR count). The third kappa shape index (κ3) is 3.69. The zero-order chi connectivity index (χ0) is 20.7. The van der Waals surface area contributed by atoms with Gasteiger partial charge in [0, 0.05) is 58.1 Å². The first-order valence-corrected chi connectivity index (χ1v) is 11.2. The van der Waals surface area contributed by atoms with Crippen molar-refractivity contribution < 1.29 is 9.90 Å². The van der Waals surface area contributed by atoms with Crippen LogP contribution in [0.4, 0.5) is 5.82 Å². The molecule has 3 aromatic rings. The van der Waals surface area contributed by atoms with Gasteiger partial charge in [-0.05, 0) is 40.4 Å². The van der Waals surface area contributed by atoms with Crippen LogP contribution in [-0.2, 0) is 17.9 Å². The summed E-state index contributed by atoms with van der Waals surface area (Å²) in [4.78, 5) is 18.2. The molecule has 0 bridgehead atoms. The first-order chi connectivity index (χ1) is 14.6. The van der Waals surface area contributed by atoms with Crippen LogP contribution in [0, 0.1) is 0 Å². The summed E-state index contributed by atoms with van der Waals surface area (Å²) in [5.41, 5.74) is 3.28. The number of amides is 1. The second-order valence-corrected chi connectivity index (χ2v) is 9.01. The molecule has 30 heavy (non-hydrogen) atoms. The van der Waals surface area contributed by atoms with Gasteiger partial charge in [-0.1, -0.05) is 30.3 Å². The summed E-state index contributed by atoms with van der Waals surface area (Å²) in [5.74, 6) is 1.18. The van der Waals surface area contributed by atoms with Gasteiger partial charge in [0.1, 0.15) is 5.82 Å². The Hall–Kier alpha value is -2.48. The maximum Gasteiger partial charge on any atom is 0.220 e. The SMILES string of the molecule is CC(=O)N1Cc2ccc(C(O)CN3CCN(c4nsc5ccccc45)CC3)cc2C1. The lowest BCUT2D eigenvalue weighted by Crippen LogP contribution is -2.47. The van der Waals surface area contributed by atoms with Gasteiger partial charge >= 0.3 is 0 Å². The van der Waals surface area contributed by atoms with Crippen LogP contribution in [0.5, 0.6) is 0 Å². The summed E-state index contributed by atoms with van der Waals surface area (Å²) < 4.78 is 5.90. The Kier molecular flexibility index (Phi) is 5.18. The van der Waals surface area contributed by atoms with E-state index in [1.54, 1.807) is 18.5 Å². The molecular formula is C23H26N4O2S. The van der Waals surface area contributed by atoms with Gasteiger partial charge < -0.3 is 14.9 Å². The molecule has 1 unspecified atom stereocenters. The fourth-order valence-electron chi connectivity index (χ4n) is 4.44. The van der Waals surface area contributed by atoms with E-state index in [2.05, 4.69) is 50.6 Å². The van der Waals surface area contributed by atoms with Crippen LogP contribution in [0.2, 0.25) is 0 Å². The van der Waals surface area contributed by atoms with E-state index in [1.165, 1.54) is 15.6 Å². The van der Waals surface area contributed by atoms with E-state index < -0.39 is 6.10 Å². The Morgan fingerprint density at radius 1 is 1.10 bits per heavy atom. The van der Waals surface area contributed by atoms with Crippen molar-refractivity contribution in [1.82, 2.24) is 14.2 Å². The Labute approximate surface area is 180 Å². The minimum Gasteiger partial charge on any atom is -0.387 e. The average molecular weight is 423 g/mol. The van der Waals surface area contributed by atoms with E-state index >= 15 is 0 Å². The molecule has 2 aromatic carbocycles. The number of β-amino-alcohol motifs (C(OH)–C–C–N with tert-alkyl or cyclic N) is 1. The van der Waals surface area contributed by atoms with E-state index in [0.29, 0.717) is 19.6 Å². The molecule has 2 aliphatic rings. The average Bonchev–Trinajstić information content (AvgIpc) is 3.38. The lowest BCUT2D eigenvalue weighted by Gasteiger charge is -2.36. The highest BCUT2D eigenvalue weighted by atomic mass is 32.1. The van der Waals surface area contributed by atoms with Gasteiger partial charge in [-0.3, -0.25) is 9.69 Å². The molecule has 3 heterocycles. The fraction of sp³-hybridized carbons (Fsp3) is 0.391. The molecule has 0 aliphatic carbocycles. The zero-order valence-electron chi connectivity index (χ0n) is 17.1. The molecule has 0 radical (unpaired) electrons. The van der Waals surface area contributed by atoms with E-state index in [0.717, 1.165) is 43.1 Å². The van der Waals surface area contributed by atoms with Gasteiger partial charge in [-0.25, -0.2) is 0 Å². The third-order valence-electron chi connectivity index (χ3n) is 6.24. The molecule has 2 aliphatic heterocycles. The second kappa shape index (κ2) is 7.98. The number of piperazine rings is 1. The second-order valence-electron chi connectivity index (χ2n) is 8.21. The maximum atomic E-state index is 11.6. The van der Waals surface area contributed by atoms with Crippen molar-refractivity contribution in [2.75, 3.05) is 37.6 Å². The largest absolute Gasteiger partial charge is 0.387 e. The quantitative estimate of drug-likeness (QED) is 0.700. The van der Waals surface area contributed by atoms with E-state index in [-0.39, 0.29) is 5.91 Å². The number of hydrogen-bond acceptors (Lipinski definition) is 6. The van der Waals surface area contributed by atoms with Gasteiger partial charge in [-0.15, -0.1) is 0 Å². The molecule has 1 atom stereocenters. The van der Waals surface area contributed by atoms with Crippen LogP contribution < -0.4 is 4.90 Å². The number of fused-ring (bicyclic) bond motifs is 2. The molecule has 6 nitrogen and oxygen atoms in total. The van der Waals surface area contributed by atoms with Crippen LogP contribution in [0.15, 0.2) is 42.5 Å². The summed E-state index contributed by atoms with van der Waals surface area (Å²) in [6.45, 7) is 7.20. The molecule has 1 fully saturated rings. The first kappa shape index (κ1) is 19.5. The number of anilines is 1. The van der Waals surface area contributed by atoms with Crippen LogP contribution in [-0.4, -0.2) is 57.9 Å². The van der Waals surface area contributed by atoms with Crippen LogP contribution in [0.3, 0.4) is 0 Å².